The molecule has 0 aliphatic carbocycles. The van der Waals surface area contributed by atoms with Gasteiger partial charge in [-0.1, -0.05) is 0 Å². The minimum Gasteiger partial charge on any atom is -0.376 e. The second-order valence-electron chi connectivity index (χ2n) is 3.44. The molecule has 1 fully saturated rings. The number of aldehydes is 1. The molecule has 0 N–H and O–H groups in total. The van der Waals surface area contributed by atoms with Crippen molar-refractivity contribution < 1.29 is 28.5 Å². The molecule has 6 nitrogen and oxygen atoms in total. The number of hydrogen-bond donors (Lipinski definition) is 0. The molecule has 0 radical (unpaired) electrons. The van der Waals surface area contributed by atoms with Crippen molar-refractivity contribution >= 4 is 6.29 Å². The molecule has 0 aromatic heterocycles. The summed E-state index contributed by atoms with van der Waals surface area (Å²) in [6, 6.07) is 0. The summed E-state index contributed by atoms with van der Waals surface area (Å²) < 4.78 is 26.3. The molecule has 0 aromatic rings. The van der Waals surface area contributed by atoms with E-state index in [4.69, 9.17) is 23.7 Å². The minimum absolute atomic E-state index is 0.413. The molecule has 0 bridgehead atoms. The van der Waals surface area contributed by atoms with Crippen molar-refractivity contribution in [2.45, 2.75) is 30.7 Å². The molecule has 1 aliphatic heterocycles. The number of carbonyl (C=O) groups excluding carboxylic acids is 1. The molecular formula is C10H18O6. The van der Waals surface area contributed by atoms with E-state index in [1.807, 2.05) is 0 Å². The predicted octanol–water partition coefficient (Wildman–Crippen LogP) is -0.398. The maximum Gasteiger partial charge on any atom is 0.187 e. The maximum absolute atomic E-state index is 10.9. The van der Waals surface area contributed by atoms with Crippen LogP contribution in [-0.4, -0.2) is 65.4 Å². The Morgan fingerprint density at radius 3 is 1.81 bits per heavy atom. The van der Waals surface area contributed by atoms with Gasteiger partial charge in [0.2, 0.25) is 0 Å². The maximum atomic E-state index is 10.9. The molecule has 0 aromatic carbocycles. The smallest absolute Gasteiger partial charge is 0.187 e. The zero-order valence-corrected chi connectivity index (χ0v) is 9.91. The Balaban J connectivity index is 2.89. The van der Waals surface area contributed by atoms with Crippen molar-refractivity contribution in [1.82, 2.24) is 0 Å². The Morgan fingerprint density at radius 2 is 1.44 bits per heavy atom. The molecule has 1 heterocycles. The van der Waals surface area contributed by atoms with Gasteiger partial charge in [-0.15, -0.1) is 0 Å². The van der Waals surface area contributed by atoms with Crippen molar-refractivity contribution in [3.05, 3.63) is 0 Å². The molecule has 5 atom stereocenters. The average molecular weight is 234 g/mol. The fourth-order valence-electron chi connectivity index (χ4n) is 1.92. The summed E-state index contributed by atoms with van der Waals surface area (Å²) in [5, 5.41) is 0. The first-order chi connectivity index (χ1) is 7.73. The van der Waals surface area contributed by atoms with E-state index in [0.717, 1.165) is 0 Å². The lowest BCUT2D eigenvalue weighted by molar-refractivity contribution is -0.293. The summed E-state index contributed by atoms with van der Waals surface area (Å²) >= 11 is 0. The molecule has 1 saturated heterocycles. The first-order valence-electron chi connectivity index (χ1n) is 4.95. The van der Waals surface area contributed by atoms with Crippen LogP contribution in [0.1, 0.15) is 0 Å². The largest absolute Gasteiger partial charge is 0.376 e. The Bertz CT molecular complexity index is 221. The van der Waals surface area contributed by atoms with Crippen LogP contribution in [0.2, 0.25) is 0 Å². The summed E-state index contributed by atoms with van der Waals surface area (Å²) in [6.45, 7) is 0. The van der Waals surface area contributed by atoms with Crippen LogP contribution in [-0.2, 0) is 28.5 Å². The van der Waals surface area contributed by atoms with Crippen LogP contribution >= 0.6 is 0 Å². The van der Waals surface area contributed by atoms with E-state index in [-0.39, 0.29) is 0 Å². The van der Waals surface area contributed by atoms with E-state index in [9.17, 15) is 4.79 Å². The van der Waals surface area contributed by atoms with Crippen molar-refractivity contribution in [3.8, 4) is 0 Å². The Hall–Kier alpha value is -0.530. The topological polar surface area (TPSA) is 63.2 Å². The van der Waals surface area contributed by atoms with Gasteiger partial charge >= 0.3 is 0 Å². The number of carbonyl (C=O) groups is 1. The number of rotatable bonds is 5. The Kier molecular flexibility index (Phi) is 5.30. The van der Waals surface area contributed by atoms with Crippen LogP contribution in [0.15, 0.2) is 0 Å². The molecule has 0 spiro atoms. The molecule has 1 rings (SSSR count). The van der Waals surface area contributed by atoms with Crippen LogP contribution in [0.4, 0.5) is 0 Å². The lowest BCUT2D eigenvalue weighted by Crippen LogP contribution is -2.60. The van der Waals surface area contributed by atoms with Gasteiger partial charge in [0.1, 0.15) is 24.4 Å². The number of ether oxygens (including phenoxy) is 5. The van der Waals surface area contributed by atoms with Crippen molar-refractivity contribution in [2.24, 2.45) is 0 Å². The summed E-state index contributed by atoms with van der Waals surface area (Å²) in [5.74, 6) is 0. The predicted molar refractivity (Wildman–Crippen MR) is 54.1 cm³/mol. The van der Waals surface area contributed by atoms with Crippen LogP contribution in [0.25, 0.3) is 0 Å². The highest BCUT2D eigenvalue weighted by Gasteiger charge is 2.47. The quantitative estimate of drug-likeness (QED) is 0.603. The van der Waals surface area contributed by atoms with Gasteiger partial charge in [0.25, 0.3) is 0 Å². The molecule has 1 aliphatic rings. The average Bonchev–Trinajstić information content (AvgIpc) is 2.35. The van der Waals surface area contributed by atoms with Crippen LogP contribution in [0.5, 0.6) is 0 Å². The van der Waals surface area contributed by atoms with Crippen LogP contribution in [0.3, 0.4) is 0 Å². The standard InChI is InChI=1S/C10H18O6/c1-12-7-6(5-11)16-10(15-4)9(14-3)8(7)13-2/h5-10H,1-4H3/t6-,7-,8+,9-,10+/m1/s1. The van der Waals surface area contributed by atoms with Crippen molar-refractivity contribution in [1.29, 1.82) is 0 Å². The second-order valence-corrected chi connectivity index (χ2v) is 3.44. The highest BCUT2D eigenvalue weighted by Crippen LogP contribution is 2.26. The van der Waals surface area contributed by atoms with E-state index in [1.165, 1.54) is 28.4 Å². The van der Waals surface area contributed by atoms with E-state index < -0.39 is 30.7 Å². The summed E-state index contributed by atoms with van der Waals surface area (Å²) in [6.07, 6.45) is -2.03. The third-order valence-electron chi connectivity index (χ3n) is 2.71. The monoisotopic (exact) mass is 234 g/mol. The Morgan fingerprint density at radius 1 is 0.875 bits per heavy atom. The van der Waals surface area contributed by atoms with Gasteiger partial charge in [-0.2, -0.15) is 0 Å². The highest BCUT2D eigenvalue weighted by molar-refractivity contribution is 5.57. The molecule has 94 valence electrons. The first kappa shape index (κ1) is 13.5. The van der Waals surface area contributed by atoms with E-state index in [2.05, 4.69) is 0 Å². The highest BCUT2D eigenvalue weighted by atomic mass is 16.7. The van der Waals surface area contributed by atoms with Gasteiger partial charge < -0.3 is 28.5 Å². The van der Waals surface area contributed by atoms with Gasteiger partial charge in [0.15, 0.2) is 12.6 Å². The van der Waals surface area contributed by atoms with Gasteiger partial charge in [0, 0.05) is 28.4 Å². The zero-order valence-electron chi connectivity index (χ0n) is 9.91. The van der Waals surface area contributed by atoms with E-state index in [0.29, 0.717) is 6.29 Å². The lowest BCUT2D eigenvalue weighted by atomic mass is 9.99. The van der Waals surface area contributed by atoms with E-state index in [1.54, 1.807) is 0 Å². The normalized spacial score (nSPS) is 39.6. The van der Waals surface area contributed by atoms with Crippen molar-refractivity contribution in [3.63, 3.8) is 0 Å². The fraction of sp³-hybridized carbons (Fsp3) is 0.900. The molecule has 0 unspecified atom stereocenters. The van der Waals surface area contributed by atoms with Crippen LogP contribution in [0, 0.1) is 0 Å². The number of hydrogen-bond acceptors (Lipinski definition) is 6. The van der Waals surface area contributed by atoms with E-state index >= 15 is 0 Å². The third-order valence-corrected chi connectivity index (χ3v) is 2.71. The minimum atomic E-state index is -0.716. The molecule has 6 heteroatoms. The third kappa shape index (κ3) is 2.41. The lowest BCUT2D eigenvalue weighted by Gasteiger charge is -2.42. The molecular weight excluding hydrogens is 216 g/mol. The van der Waals surface area contributed by atoms with Gasteiger partial charge in [0.05, 0.1) is 0 Å². The van der Waals surface area contributed by atoms with Gasteiger partial charge in [-0.3, -0.25) is 0 Å². The van der Waals surface area contributed by atoms with Gasteiger partial charge in [-0.25, -0.2) is 0 Å². The first-order valence-corrected chi connectivity index (χ1v) is 4.95. The summed E-state index contributed by atoms with van der Waals surface area (Å²) in [7, 11) is 6.04. The molecule has 0 amide bonds. The number of methoxy groups -OCH3 is 4. The SMILES string of the molecule is CO[C@H]1O[C@H](C=O)[C@@H](OC)[C@H](OC)[C@H]1OC. The summed E-state index contributed by atoms with van der Waals surface area (Å²) in [5.41, 5.74) is 0. The summed E-state index contributed by atoms with van der Waals surface area (Å²) in [4.78, 5) is 10.9. The van der Waals surface area contributed by atoms with Gasteiger partial charge in [-0.05, 0) is 0 Å². The second kappa shape index (κ2) is 6.27. The molecule has 16 heavy (non-hydrogen) atoms. The van der Waals surface area contributed by atoms with Crippen molar-refractivity contribution in [2.75, 3.05) is 28.4 Å². The molecule has 0 saturated carbocycles. The zero-order chi connectivity index (χ0) is 12.1. The Labute approximate surface area is 94.7 Å². The van der Waals surface area contributed by atoms with Crippen LogP contribution < -0.4 is 0 Å². The fourth-order valence-corrected chi connectivity index (χ4v) is 1.92.